The van der Waals surface area contributed by atoms with Crippen molar-refractivity contribution in [2.75, 3.05) is 7.11 Å². The highest BCUT2D eigenvalue weighted by Gasteiger charge is 1.98. The third kappa shape index (κ3) is 1.75. The number of hydrogen-bond acceptors (Lipinski definition) is 1. The summed E-state index contributed by atoms with van der Waals surface area (Å²) in [6, 6.07) is 5.44. The van der Waals surface area contributed by atoms with Crippen molar-refractivity contribution in [1.82, 2.24) is 0 Å². The number of ether oxygens (including phenoxy) is 1. The normalized spacial score (nSPS) is 9.27. The SMILES string of the molecule is C=Cc1ccc(Cl)cc1OC. The van der Waals surface area contributed by atoms with Crippen molar-refractivity contribution < 1.29 is 4.74 Å². The van der Waals surface area contributed by atoms with Crippen LogP contribution in [0.3, 0.4) is 0 Å². The molecule has 1 rings (SSSR count). The smallest absolute Gasteiger partial charge is 0.127 e. The van der Waals surface area contributed by atoms with E-state index >= 15 is 0 Å². The Morgan fingerprint density at radius 1 is 1.55 bits per heavy atom. The van der Waals surface area contributed by atoms with Gasteiger partial charge >= 0.3 is 0 Å². The monoisotopic (exact) mass is 168 g/mol. The molecule has 1 nitrogen and oxygen atoms in total. The van der Waals surface area contributed by atoms with Gasteiger partial charge in [0.1, 0.15) is 5.75 Å². The van der Waals surface area contributed by atoms with Gasteiger partial charge in [0.25, 0.3) is 0 Å². The first-order valence-electron chi connectivity index (χ1n) is 3.24. The molecule has 58 valence electrons. The molecule has 0 aliphatic heterocycles. The number of rotatable bonds is 2. The van der Waals surface area contributed by atoms with Crippen LogP contribution in [0.5, 0.6) is 5.75 Å². The maximum atomic E-state index is 5.74. The summed E-state index contributed by atoms with van der Waals surface area (Å²) in [5.74, 6) is 0.757. The van der Waals surface area contributed by atoms with Gasteiger partial charge in [0.05, 0.1) is 7.11 Å². The Morgan fingerprint density at radius 2 is 2.27 bits per heavy atom. The average Bonchev–Trinajstić information content (AvgIpc) is 2.04. The van der Waals surface area contributed by atoms with Crippen LogP contribution in [0.15, 0.2) is 24.8 Å². The van der Waals surface area contributed by atoms with Crippen LogP contribution in [-0.2, 0) is 0 Å². The van der Waals surface area contributed by atoms with Gasteiger partial charge in [-0.15, -0.1) is 0 Å². The zero-order chi connectivity index (χ0) is 8.27. The molecule has 1 aromatic carbocycles. The molecule has 11 heavy (non-hydrogen) atoms. The van der Waals surface area contributed by atoms with E-state index in [1.54, 1.807) is 25.3 Å². The molecule has 0 saturated heterocycles. The van der Waals surface area contributed by atoms with E-state index in [2.05, 4.69) is 6.58 Å². The summed E-state index contributed by atoms with van der Waals surface area (Å²) >= 11 is 5.74. The van der Waals surface area contributed by atoms with E-state index in [4.69, 9.17) is 16.3 Å². The topological polar surface area (TPSA) is 9.23 Å². The van der Waals surface area contributed by atoms with E-state index in [-0.39, 0.29) is 0 Å². The lowest BCUT2D eigenvalue weighted by Gasteiger charge is -2.03. The largest absolute Gasteiger partial charge is 0.496 e. The fourth-order valence-electron chi connectivity index (χ4n) is 0.854. The first kappa shape index (κ1) is 8.15. The standard InChI is InChI=1S/C9H9ClO/c1-3-7-4-5-8(10)6-9(7)11-2/h3-6H,1H2,2H3. The molecule has 2 heteroatoms. The van der Waals surface area contributed by atoms with E-state index in [9.17, 15) is 0 Å². The lowest BCUT2D eigenvalue weighted by atomic mass is 10.2. The third-order valence-electron chi connectivity index (χ3n) is 1.42. The fraction of sp³-hybridized carbons (Fsp3) is 0.111. The molecule has 0 N–H and O–H groups in total. The summed E-state index contributed by atoms with van der Waals surface area (Å²) < 4.78 is 5.06. The molecule has 0 unspecified atom stereocenters. The number of hydrogen-bond donors (Lipinski definition) is 0. The van der Waals surface area contributed by atoms with Crippen LogP contribution >= 0.6 is 11.6 Å². The van der Waals surface area contributed by atoms with Gasteiger partial charge in [-0.3, -0.25) is 0 Å². The number of halogens is 1. The second kappa shape index (κ2) is 3.44. The summed E-state index contributed by atoms with van der Waals surface area (Å²) in [6.45, 7) is 3.65. The number of benzene rings is 1. The van der Waals surface area contributed by atoms with Crippen molar-refractivity contribution >= 4 is 17.7 Å². The molecule has 0 bridgehead atoms. The van der Waals surface area contributed by atoms with E-state index in [1.807, 2.05) is 6.07 Å². The Balaban J connectivity index is 3.16. The van der Waals surface area contributed by atoms with Crippen LogP contribution in [0.2, 0.25) is 5.02 Å². The molecule has 0 amide bonds. The van der Waals surface area contributed by atoms with Crippen LogP contribution in [0.25, 0.3) is 6.08 Å². The fourth-order valence-corrected chi connectivity index (χ4v) is 1.02. The minimum atomic E-state index is 0.674. The molecule has 0 heterocycles. The van der Waals surface area contributed by atoms with Gasteiger partial charge in [-0.25, -0.2) is 0 Å². The first-order chi connectivity index (χ1) is 5.27. The van der Waals surface area contributed by atoms with Crippen molar-refractivity contribution in [2.24, 2.45) is 0 Å². The van der Waals surface area contributed by atoms with Crippen LogP contribution in [0, 0.1) is 0 Å². The zero-order valence-electron chi connectivity index (χ0n) is 6.30. The summed E-state index contributed by atoms with van der Waals surface area (Å²) in [4.78, 5) is 0. The summed E-state index contributed by atoms with van der Waals surface area (Å²) in [5, 5.41) is 0.674. The quantitative estimate of drug-likeness (QED) is 0.660. The predicted molar refractivity (Wildman–Crippen MR) is 48.1 cm³/mol. The Morgan fingerprint density at radius 3 is 2.82 bits per heavy atom. The molecule has 0 spiro atoms. The van der Waals surface area contributed by atoms with Crippen molar-refractivity contribution in [3.8, 4) is 5.75 Å². The predicted octanol–water partition coefficient (Wildman–Crippen LogP) is 2.99. The van der Waals surface area contributed by atoms with Crippen LogP contribution in [0.4, 0.5) is 0 Å². The zero-order valence-corrected chi connectivity index (χ0v) is 7.06. The molecule has 0 aliphatic carbocycles. The lowest BCUT2D eigenvalue weighted by Crippen LogP contribution is -1.85. The van der Waals surface area contributed by atoms with Crippen LogP contribution < -0.4 is 4.74 Å². The minimum absolute atomic E-state index is 0.674. The van der Waals surface area contributed by atoms with E-state index in [0.717, 1.165) is 11.3 Å². The van der Waals surface area contributed by atoms with E-state index in [0.29, 0.717) is 5.02 Å². The summed E-state index contributed by atoms with van der Waals surface area (Å²) in [5.41, 5.74) is 0.955. The van der Waals surface area contributed by atoms with Gasteiger partial charge in [0.2, 0.25) is 0 Å². The van der Waals surface area contributed by atoms with Crippen LogP contribution in [-0.4, -0.2) is 7.11 Å². The van der Waals surface area contributed by atoms with Gasteiger partial charge in [-0.05, 0) is 18.2 Å². The highest BCUT2D eigenvalue weighted by molar-refractivity contribution is 6.30. The van der Waals surface area contributed by atoms with E-state index in [1.165, 1.54) is 0 Å². The van der Waals surface area contributed by atoms with Gasteiger partial charge in [-0.1, -0.05) is 24.3 Å². The van der Waals surface area contributed by atoms with E-state index < -0.39 is 0 Å². The molecular weight excluding hydrogens is 160 g/mol. The first-order valence-corrected chi connectivity index (χ1v) is 3.61. The Hall–Kier alpha value is -0.950. The number of methoxy groups -OCH3 is 1. The molecule has 0 saturated carbocycles. The van der Waals surface area contributed by atoms with Crippen molar-refractivity contribution in [2.45, 2.75) is 0 Å². The van der Waals surface area contributed by atoms with Crippen molar-refractivity contribution in [1.29, 1.82) is 0 Å². The average molecular weight is 169 g/mol. The second-order valence-corrected chi connectivity index (χ2v) is 2.53. The lowest BCUT2D eigenvalue weighted by molar-refractivity contribution is 0.414. The molecule has 0 fully saturated rings. The summed E-state index contributed by atoms with van der Waals surface area (Å²) in [7, 11) is 1.61. The van der Waals surface area contributed by atoms with Gasteiger partial charge in [0, 0.05) is 10.6 Å². The Bertz CT molecular complexity index is 268. The van der Waals surface area contributed by atoms with Crippen molar-refractivity contribution in [3.63, 3.8) is 0 Å². The van der Waals surface area contributed by atoms with Crippen LogP contribution in [0.1, 0.15) is 5.56 Å². The molecule has 0 aliphatic rings. The Kier molecular flexibility index (Phi) is 2.55. The van der Waals surface area contributed by atoms with Gasteiger partial charge in [0.15, 0.2) is 0 Å². The molecule has 0 aromatic heterocycles. The van der Waals surface area contributed by atoms with Crippen molar-refractivity contribution in [3.05, 3.63) is 35.4 Å². The highest BCUT2D eigenvalue weighted by atomic mass is 35.5. The summed E-state index contributed by atoms with van der Waals surface area (Å²) in [6.07, 6.45) is 1.73. The molecule has 0 atom stereocenters. The Labute approximate surface area is 71.3 Å². The molecular formula is C9H9ClO. The second-order valence-electron chi connectivity index (χ2n) is 2.09. The highest BCUT2D eigenvalue weighted by Crippen LogP contribution is 2.23. The molecule has 0 radical (unpaired) electrons. The maximum absolute atomic E-state index is 5.74. The van der Waals surface area contributed by atoms with Gasteiger partial charge < -0.3 is 4.74 Å². The molecule has 1 aromatic rings. The third-order valence-corrected chi connectivity index (χ3v) is 1.65. The maximum Gasteiger partial charge on any atom is 0.127 e. The van der Waals surface area contributed by atoms with Gasteiger partial charge in [-0.2, -0.15) is 0 Å². The minimum Gasteiger partial charge on any atom is -0.496 e.